The lowest BCUT2D eigenvalue weighted by Crippen LogP contribution is -2.78. The first-order valence-corrected chi connectivity index (χ1v) is 5.88. The Balaban J connectivity index is 2.03. The van der Waals surface area contributed by atoms with Gasteiger partial charge >= 0.3 is 0 Å². The van der Waals surface area contributed by atoms with E-state index in [4.69, 9.17) is 14.9 Å². The average Bonchev–Trinajstić information content (AvgIpc) is 2.49. The molecule has 0 saturated carbocycles. The Labute approximate surface area is 111 Å². The zero-order valence-corrected chi connectivity index (χ0v) is 10.7. The van der Waals surface area contributed by atoms with Crippen molar-refractivity contribution in [2.45, 2.75) is 6.61 Å². The summed E-state index contributed by atoms with van der Waals surface area (Å²) in [6.45, 7) is 0.428. The van der Waals surface area contributed by atoms with Crippen molar-refractivity contribution in [3.63, 3.8) is 0 Å². The average molecular weight is 258 g/mol. The van der Waals surface area contributed by atoms with Gasteiger partial charge in [0, 0.05) is 0 Å². The molecule has 1 aliphatic rings. The highest BCUT2D eigenvalue weighted by Gasteiger charge is 2.13. The smallest absolute Gasteiger partial charge is 0.269 e. The van der Waals surface area contributed by atoms with E-state index >= 15 is 0 Å². The van der Waals surface area contributed by atoms with Gasteiger partial charge in [-0.1, -0.05) is 30.3 Å². The molecule has 98 valence electrons. The lowest BCUT2D eigenvalue weighted by molar-refractivity contribution is -0.530. The van der Waals surface area contributed by atoms with Crippen molar-refractivity contribution in [3.05, 3.63) is 59.4 Å². The molecule has 0 atom stereocenters. The fourth-order valence-corrected chi connectivity index (χ4v) is 1.59. The molecular weight excluding hydrogens is 242 g/mol. The first kappa shape index (κ1) is 13.0. The first-order valence-electron chi connectivity index (χ1n) is 5.88. The van der Waals surface area contributed by atoms with Crippen LogP contribution in [0.3, 0.4) is 0 Å². The van der Waals surface area contributed by atoms with Gasteiger partial charge in [-0.15, -0.1) is 0 Å². The second-order valence-electron chi connectivity index (χ2n) is 3.87. The van der Waals surface area contributed by atoms with Crippen molar-refractivity contribution in [2.24, 2.45) is 4.99 Å². The van der Waals surface area contributed by atoms with E-state index in [-0.39, 0.29) is 0 Å². The van der Waals surface area contributed by atoms with Crippen LogP contribution in [-0.2, 0) is 16.1 Å². The molecule has 0 aliphatic carbocycles. The zero-order chi connectivity index (χ0) is 13.5. The van der Waals surface area contributed by atoms with Crippen LogP contribution in [-0.4, -0.2) is 19.5 Å². The van der Waals surface area contributed by atoms with Crippen LogP contribution in [0.25, 0.3) is 0 Å². The molecule has 3 N–H and O–H groups in total. The summed E-state index contributed by atoms with van der Waals surface area (Å²) in [7, 11) is 1.56. The largest absolute Gasteiger partial charge is 0.481 e. The number of quaternary nitrogens is 1. The first-order chi connectivity index (χ1) is 9.33. The SMILES string of the molecule is COC1=C[NH2+]/C(=C(\C=N)OCc2ccccc2)C=N1. The summed E-state index contributed by atoms with van der Waals surface area (Å²) in [5, 5.41) is 9.23. The molecule has 0 spiro atoms. The molecule has 0 bridgehead atoms. The zero-order valence-electron chi connectivity index (χ0n) is 10.7. The van der Waals surface area contributed by atoms with E-state index in [0.717, 1.165) is 11.3 Å². The number of hydrogen-bond donors (Lipinski definition) is 2. The molecule has 0 amide bonds. The third kappa shape index (κ3) is 3.53. The number of hydrogen-bond acceptors (Lipinski definition) is 4. The summed E-state index contributed by atoms with van der Waals surface area (Å²) in [6.07, 6.45) is 4.56. The highest BCUT2D eigenvalue weighted by atomic mass is 16.5. The monoisotopic (exact) mass is 258 g/mol. The summed E-state index contributed by atoms with van der Waals surface area (Å²) in [6, 6.07) is 9.83. The van der Waals surface area contributed by atoms with E-state index in [2.05, 4.69) is 4.99 Å². The predicted molar refractivity (Wildman–Crippen MR) is 72.6 cm³/mol. The third-order valence-corrected chi connectivity index (χ3v) is 2.60. The van der Waals surface area contributed by atoms with Gasteiger partial charge in [0.2, 0.25) is 0 Å². The molecule has 5 nitrogen and oxygen atoms in total. The maximum atomic E-state index is 7.42. The van der Waals surface area contributed by atoms with Crippen LogP contribution < -0.4 is 5.32 Å². The molecule has 1 aromatic rings. The summed E-state index contributed by atoms with van der Waals surface area (Å²) < 4.78 is 10.6. The Morgan fingerprint density at radius 3 is 2.74 bits per heavy atom. The number of ether oxygens (including phenoxy) is 2. The van der Waals surface area contributed by atoms with Gasteiger partial charge in [0.15, 0.2) is 17.7 Å². The summed E-state index contributed by atoms with van der Waals surface area (Å²) in [5.74, 6) is 1.02. The minimum atomic E-state index is 0.428. The lowest BCUT2D eigenvalue weighted by atomic mass is 10.2. The molecule has 19 heavy (non-hydrogen) atoms. The highest BCUT2D eigenvalue weighted by Crippen LogP contribution is 2.07. The molecule has 1 aromatic carbocycles. The molecule has 0 radical (unpaired) electrons. The second kappa shape index (κ2) is 6.51. The van der Waals surface area contributed by atoms with Gasteiger partial charge in [0.05, 0.1) is 19.5 Å². The quantitative estimate of drug-likeness (QED) is 0.614. The molecule has 5 heteroatoms. The normalized spacial score (nSPS) is 16.6. The Bertz CT molecular complexity index is 533. The Kier molecular flexibility index (Phi) is 4.47. The number of aliphatic imine (C=N–C) groups is 1. The van der Waals surface area contributed by atoms with Gasteiger partial charge < -0.3 is 14.9 Å². The summed E-state index contributed by atoms with van der Waals surface area (Å²) >= 11 is 0. The predicted octanol–water partition coefficient (Wildman–Crippen LogP) is 1.16. The molecule has 0 fully saturated rings. The minimum absolute atomic E-state index is 0.428. The van der Waals surface area contributed by atoms with E-state index in [1.807, 2.05) is 35.6 Å². The van der Waals surface area contributed by atoms with Crippen molar-refractivity contribution in [2.75, 3.05) is 7.11 Å². The van der Waals surface area contributed by atoms with Gasteiger partial charge in [-0.3, -0.25) is 5.32 Å². The number of methoxy groups -OCH3 is 1. The topological polar surface area (TPSA) is 71.3 Å². The van der Waals surface area contributed by atoms with Crippen LogP contribution in [0.1, 0.15) is 5.56 Å². The van der Waals surface area contributed by atoms with Crippen LogP contribution in [0.2, 0.25) is 0 Å². The summed E-state index contributed by atoms with van der Waals surface area (Å²) in [5.41, 5.74) is 1.81. The van der Waals surface area contributed by atoms with E-state index in [9.17, 15) is 0 Å². The van der Waals surface area contributed by atoms with Gasteiger partial charge in [-0.05, 0) is 5.56 Å². The molecule has 0 saturated heterocycles. The number of benzene rings is 1. The van der Waals surface area contributed by atoms with Crippen LogP contribution in [0.15, 0.2) is 58.9 Å². The van der Waals surface area contributed by atoms with E-state index in [1.165, 1.54) is 6.21 Å². The maximum absolute atomic E-state index is 7.42. The van der Waals surface area contributed by atoms with E-state index < -0.39 is 0 Å². The number of rotatable bonds is 5. The molecule has 0 aromatic heterocycles. The number of nitrogens with two attached hydrogens (primary N) is 1. The summed E-state index contributed by atoms with van der Waals surface area (Å²) in [4.78, 5) is 4.09. The minimum Gasteiger partial charge on any atom is -0.481 e. The maximum Gasteiger partial charge on any atom is 0.269 e. The van der Waals surface area contributed by atoms with Gasteiger partial charge in [-0.25, -0.2) is 4.99 Å². The van der Waals surface area contributed by atoms with Crippen molar-refractivity contribution in [1.82, 2.24) is 0 Å². The second-order valence-corrected chi connectivity index (χ2v) is 3.87. The van der Waals surface area contributed by atoms with Crippen molar-refractivity contribution >= 4 is 12.4 Å². The van der Waals surface area contributed by atoms with Crippen LogP contribution in [0.4, 0.5) is 0 Å². The van der Waals surface area contributed by atoms with Crippen molar-refractivity contribution in [3.8, 4) is 0 Å². The Morgan fingerprint density at radius 1 is 1.37 bits per heavy atom. The van der Waals surface area contributed by atoms with Crippen LogP contribution in [0.5, 0.6) is 0 Å². The Hall–Kier alpha value is -2.40. The molecule has 0 unspecified atom stereocenters. The lowest BCUT2D eigenvalue weighted by Gasteiger charge is -2.10. The highest BCUT2D eigenvalue weighted by molar-refractivity contribution is 5.86. The van der Waals surface area contributed by atoms with Crippen LogP contribution >= 0.6 is 0 Å². The van der Waals surface area contributed by atoms with Gasteiger partial charge in [-0.2, -0.15) is 0 Å². The van der Waals surface area contributed by atoms with E-state index in [1.54, 1.807) is 19.5 Å². The van der Waals surface area contributed by atoms with Gasteiger partial charge in [0.25, 0.3) is 5.88 Å². The molecule has 1 aliphatic heterocycles. The molecular formula is C14H16N3O2+. The number of nitrogens with one attached hydrogen (secondary N) is 1. The standard InChI is InChI=1S/C14H15N3O2/c1-18-14-9-16-12(8-17-14)13(7-15)19-10-11-5-3-2-4-6-11/h2-9,15-16H,10H2,1H3/p+1/b13-12+,15-7?. The van der Waals surface area contributed by atoms with Crippen LogP contribution in [0, 0.1) is 5.41 Å². The van der Waals surface area contributed by atoms with E-state index in [0.29, 0.717) is 18.2 Å². The molecule has 2 rings (SSSR count). The fourth-order valence-electron chi connectivity index (χ4n) is 1.59. The number of allylic oxidation sites excluding steroid dienone is 2. The fraction of sp³-hybridized carbons (Fsp3) is 0.143. The van der Waals surface area contributed by atoms with Gasteiger partial charge in [0.1, 0.15) is 6.61 Å². The Morgan fingerprint density at radius 2 is 2.16 bits per heavy atom. The molecule has 1 heterocycles. The number of nitrogens with zero attached hydrogens (tertiary/aromatic N) is 1. The van der Waals surface area contributed by atoms with Crippen molar-refractivity contribution < 1.29 is 14.8 Å². The van der Waals surface area contributed by atoms with Crippen molar-refractivity contribution in [1.29, 1.82) is 5.41 Å². The third-order valence-electron chi connectivity index (χ3n) is 2.60.